The summed E-state index contributed by atoms with van der Waals surface area (Å²) in [7, 11) is 0. The van der Waals surface area contributed by atoms with Crippen molar-refractivity contribution in [3.63, 3.8) is 0 Å². The van der Waals surface area contributed by atoms with Gasteiger partial charge in [-0.25, -0.2) is 0 Å². The molecule has 3 rings (SSSR count). The second-order valence-corrected chi connectivity index (χ2v) is 6.61. The van der Waals surface area contributed by atoms with Gasteiger partial charge in [0, 0.05) is 32.5 Å². The van der Waals surface area contributed by atoms with E-state index in [0.717, 1.165) is 57.4 Å². The molecule has 5 heteroatoms. The van der Waals surface area contributed by atoms with Gasteiger partial charge in [-0.2, -0.15) is 0 Å². The molecule has 1 heterocycles. The number of rotatable bonds is 4. The SMILES string of the molecule is Cl.NCC1(C(=O)N2CCC(Oc3ccccc3)CC2)CCCC1. The lowest BCUT2D eigenvalue weighted by Gasteiger charge is -2.38. The smallest absolute Gasteiger partial charge is 0.230 e. The molecule has 1 aromatic carbocycles. The van der Waals surface area contributed by atoms with Crippen LogP contribution in [-0.2, 0) is 4.79 Å². The van der Waals surface area contributed by atoms with Crippen molar-refractivity contribution in [2.75, 3.05) is 19.6 Å². The van der Waals surface area contributed by atoms with Crippen LogP contribution < -0.4 is 10.5 Å². The molecule has 4 nitrogen and oxygen atoms in total. The predicted octanol–water partition coefficient (Wildman–Crippen LogP) is 3.00. The molecule has 2 N–H and O–H groups in total. The number of carbonyl (C=O) groups excluding carboxylic acids is 1. The number of nitrogens with two attached hydrogens (primary N) is 1. The summed E-state index contributed by atoms with van der Waals surface area (Å²) in [5, 5.41) is 0. The molecule has 2 fully saturated rings. The van der Waals surface area contributed by atoms with Gasteiger partial charge in [-0.3, -0.25) is 4.79 Å². The highest BCUT2D eigenvalue weighted by atomic mass is 35.5. The molecule has 1 aromatic rings. The number of benzene rings is 1. The summed E-state index contributed by atoms with van der Waals surface area (Å²) in [6.07, 6.45) is 6.21. The van der Waals surface area contributed by atoms with Crippen molar-refractivity contribution in [3.8, 4) is 5.75 Å². The number of hydrogen-bond acceptors (Lipinski definition) is 3. The van der Waals surface area contributed by atoms with E-state index in [9.17, 15) is 4.79 Å². The van der Waals surface area contributed by atoms with Crippen LogP contribution in [0.3, 0.4) is 0 Å². The van der Waals surface area contributed by atoms with Gasteiger partial charge in [0.05, 0.1) is 5.41 Å². The van der Waals surface area contributed by atoms with E-state index in [4.69, 9.17) is 10.5 Å². The van der Waals surface area contributed by atoms with Crippen LogP contribution >= 0.6 is 12.4 Å². The van der Waals surface area contributed by atoms with E-state index in [0.29, 0.717) is 6.54 Å². The summed E-state index contributed by atoms with van der Waals surface area (Å²) in [4.78, 5) is 14.8. The number of likely N-dealkylation sites (tertiary alicyclic amines) is 1. The van der Waals surface area contributed by atoms with E-state index >= 15 is 0 Å². The number of piperidine rings is 1. The molecule has 0 atom stereocenters. The Morgan fingerprint density at radius 1 is 1.17 bits per heavy atom. The van der Waals surface area contributed by atoms with E-state index in [-0.39, 0.29) is 29.8 Å². The average molecular weight is 339 g/mol. The highest BCUT2D eigenvalue weighted by molar-refractivity contribution is 5.85. The van der Waals surface area contributed by atoms with Crippen molar-refractivity contribution in [2.45, 2.75) is 44.6 Å². The normalized spacial score (nSPS) is 20.8. The predicted molar refractivity (Wildman–Crippen MR) is 93.9 cm³/mol. The van der Waals surface area contributed by atoms with Gasteiger partial charge >= 0.3 is 0 Å². The van der Waals surface area contributed by atoms with E-state index in [1.54, 1.807) is 0 Å². The van der Waals surface area contributed by atoms with Crippen molar-refractivity contribution in [3.05, 3.63) is 30.3 Å². The number of hydrogen-bond donors (Lipinski definition) is 1. The van der Waals surface area contributed by atoms with Gasteiger partial charge in [-0.15, -0.1) is 12.4 Å². The molecule has 23 heavy (non-hydrogen) atoms. The van der Waals surface area contributed by atoms with Crippen LogP contribution in [0.5, 0.6) is 5.75 Å². The summed E-state index contributed by atoms with van der Waals surface area (Å²) in [5.41, 5.74) is 5.66. The second kappa shape index (κ2) is 8.02. The van der Waals surface area contributed by atoms with Crippen molar-refractivity contribution in [2.24, 2.45) is 11.1 Å². The first-order valence-electron chi connectivity index (χ1n) is 8.45. The standard InChI is InChI=1S/C18H26N2O2.ClH/c19-14-18(10-4-5-11-18)17(21)20-12-8-16(9-13-20)22-15-6-2-1-3-7-15;/h1-3,6-7,16H,4-5,8-14,19H2;1H. The lowest BCUT2D eigenvalue weighted by Crippen LogP contribution is -2.50. The molecule has 0 aromatic heterocycles. The van der Waals surface area contributed by atoms with Crippen LogP contribution in [0.25, 0.3) is 0 Å². The number of amides is 1. The molecule has 1 amide bonds. The molecule has 128 valence electrons. The molecule has 1 aliphatic carbocycles. The Morgan fingerprint density at radius 3 is 2.35 bits per heavy atom. The summed E-state index contributed by atoms with van der Waals surface area (Å²) >= 11 is 0. The monoisotopic (exact) mass is 338 g/mol. The Hall–Kier alpha value is -1.26. The Balaban J connectivity index is 0.00000192. The van der Waals surface area contributed by atoms with Gasteiger partial charge in [-0.05, 0) is 25.0 Å². The first-order valence-corrected chi connectivity index (χ1v) is 8.45. The fourth-order valence-electron chi connectivity index (χ4n) is 3.76. The molecule has 0 bridgehead atoms. The van der Waals surface area contributed by atoms with E-state index < -0.39 is 0 Å². The highest BCUT2D eigenvalue weighted by Crippen LogP contribution is 2.39. The van der Waals surface area contributed by atoms with Crippen molar-refractivity contribution < 1.29 is 9.53 Å². The Kier molecular flexibility index (Phi) is 6.31. The van der Waals surface area contributed by atoms with Crippen LogP contribution in [0.15, 0.2) is 30.3 Å². The molecular weight excluding hydrogens is 312 g/mol. The third kappa shape index (κ3) is 3.99. The maximum absolute atomic E-state index is 12.8. The fraction of sp³-hybridized carbons (Fsp3) is 0.611. The summed E-state index contributed by atoms with van der Waals surface area (Å²) < 4.78 is 6.00. The summed E-state index contributed by atoms with van der Waals surface area (Å²) in [6.45, 7) is 2.07. The maximum atomic E-state index is 12.8. The molecule has 1 saturated heterocycles. The number of carbonyl (C=O) groups is 1. The molecule has 2 aliphatic rings. The van der Waals surface area contributed by atoms with Crippen molar-refractivity contribution in [1.82, 2.24) is 4.90 Å². The van der Waals surface area contributed by atoms with Crippen LogP contribution in [0.2, 0.25) is 0 Å². The van der Waals surface area contributed by atoms with Gasteiger partial charge in [-0.1, -0.05) is 31.0 Å². The van der Waals surface area contributed by atoms with Crippen LogP contribution in [0, 0.1) is 5.41 Å². The zero-order chi connectivity index (χ0) is 15.4. The molecule has 0 spiro atoms. The lowest BCUT2D eigenvalue weighted by atomic mass is 9.84. The van der Waals surface area contributed by atoms with E-state index in [2.05, 4.69) is 0 Å². The van der Waals surface area contributed by atoms with E-state index in [1.165, 1.54) is 0 Å². The van der Waals surface area contributed by atoms with Gasteiger partial charge < -0.3 is 15.4 Å². The van der Waals surface area contributed by atoms with Gasteiger partial charge in [0.25, 0.3) is 0 Å². The maximum Gasteiger partial charge on any atom is 0.230 e. The van der Waals surface area contributed by atoms with Crippen molar-refractivity contribution >= 4 is 18.3 Å². The Labute approximate surface area is 144 Å². The Morgan fingerprint density at radius 2 is 1.78 bits per heavy atom. The zero-order valence-corrected chi connectivity index (χ0v) is 14.4. The molecular formula is C18H27ClN2O2. The third-order valence-electron chi connectivity index (χ3n) is 5.18. The number of ether oxygens (including phenoxy) is 1. The largest absolute Gasteiger partial charge is 0.490 e. The number of nitrogens with zero attached hydrogens (tertiary/aromatic N) is 1. The molecule has 0 radical (unpaired) electrons. The quantitative estimate of drug-likeness (QED) is 0.918. The Bertz CT molecular complexity index is 495. The van der Waals surface area contributed by atoms with Crippen LogP contribution in [-0.4, -0.2) is 36.5 Å². The van der Waals surface area contributed by atoms with Crippen LogP contribution in [0.4, 0.5) is 0 Å². The zero-order valence-electron chi connectivity index (χ0n) is 13.6. The minimum absolute atomic E-state index is 0. The minimum Gasteiger partial charge on any atom is -0.490 e. The first kappa shape index (κ1) is 18.1. The molecule has 1 saturated carbocycles. The number of halogens is 1. The minimum atomic E-state index is -0.271. The van der Waals surface area contributed by atoms with Gasteiger partial charge in [0.2, 0.25) is 5.91 Å². The third-order valence-corrected chi connectivity index (χ3v) is 5.18. The van der Waals surface area contributed by atoms with Gasteiger partial charge in [0.15, 0.2) is 0 Å². The lowest BCUT2D eigenvalue weighted by molar-refractivity contribution is -0.143. The van der Waals surface area contributed by atoms with Crippen LogP contribution in [0.1, 0.15) is 38.5 Å². The summed E-state index contributed by atoms with van der Waals surface area (Å²) in [6, 6.07) is 9.93. The highest BCUT2D eigenvalue weighted by Gasteiger charge is 2.43. The second-order valence-electron chi connectivity index (χ2n) is 6.61. The summed E-state index contributed by atoms with van der Waals surface area (Å²) in [5.74, 6) is 1.20. The number of para-hydroxylation sites is 1. The van der Waals surface area contributed by atoms with E-state index in [1.807, 2.05) is 35.2 Å². The molecule has 1 aliphatic heterocycles. The fourth-order valence-corrected chi connectivity index (χ4v) is 3.76. The van der Waals surface area contributed by atoms with Gasteiger partial charge in [0.1, 0.15) is 11.9 Å². The molecule has 0 unspecified atom stereocenters. The average Bonchev–Trinajstić information content (AvgIpc) is 3.06. The first-order chi connectivity index (χ1) is 10.7. The van der Waals surface area contributed by atoms with Crippen molar-refractivity contribution in [1.29, 1.82) is 0 Å². The topological polar surface area (TPSA) is 55.6 Å².